The zero-order chi connectivity index (χ0) is 20.0. The van der Waals surface area contributed by atoms with Crippen LogP contribution in [-0.2, 0) is 10.2 Å². The molecule has 0 aliphatic carbocycles. The minimum atomic E-state index is -0.475. The van der Waals surface area contributed by atoms with Crippen molar-refractivity contribution in [1.29, 1.82) is 0 Å². The number of ketones is 1. The molecule has 0 saturated carbocycles. The SMILES string of the molecule is CC(C)(C)c1ccc(-c2ccccc2P2C(C)(C)CC(=O)CC2(C)C)cc1. The number of benzene rings is 2. The quantitative estimate of drug-likeness (QED) is 0.531. The normalized spacial score (nSPS) is 19.9. The van der Waals surface area contributed by atoms with Gasteiger partial charge < -0.3 is 0 Å². The van der Waals surface area contributed by atoms with E-state index >= 15 is 0 Å². The highest BCUT2D eigenvalue weighted by molar-refractivity contribution is 7.69. The van der Waals surface area contributed by atoms with Gasteiger partial charge in [-0.25, -0.2) is 0 Å². The van der Waals surface area contributed by atoms with Crippen molar-refractivity contribution < 1.29 is 4.79 Å². The van der Waals surface area contributed by atoms with Crippen LogP contribution in [-0.4, -0.2) is 16.1 Å². The van der Waals surface area contributed by atoms with Crippen LogP contribution in [0.3, 0.4) is 0 Å². The Kier molecular flexibility index (Phi) is 5.15. The zero-order valence-electron chi connectivity index (χ0n) is 17.9. The largest absolute Gasteiger partial charge is 0.300 e. The van der Waals surface area contributed by atoms with Crippen molar-refractivity contribution >= 4 is 19.0 Å². The van der Waals surface area contributed by atoms with Gasteiger partial charge in [0.15, 0.2) is 0 Å². The molecular formula is C25H33OP. The Morgan fingerprint density at radius 2 is 1.33 bits per heavy atom. The topological polar surface area (TPSA) is 17.1 Å². The molecule has 1 heterocycles. The van der Waals surface area contributed by atoms with Crippen molar-refractivity contribution in [3.8, 4) is 11.1 Å². The van der Waals surface area contributed by atoms with Crippen LogP contribution in [0.1, 0.15) is 66.9 Å². The first kappa shape index (κ1) is 20.3. The van der Waals surface area contributed by atoms with Gasteiger partial charge in [-0.05, 0) is 37.7 Å². The number of Topliss-reactive ketones (excluding diaryl/α,β-unsaturated/α-hetero) is 1. The standard InChI is InChI=1S/C25H33OP/c1-23(2,3)19-14-12-18(13-15-19)21-10-8-9-11-22(21)27-24(4,5)16-20(26)17-25(27,6)7/h8-15H,16-17H2,1-7H3. The second-order valence-corrected chi connectivity index (χ2v) is 13.8. The Bertz CT molecular complexity index is 817. The van der Waals surface area contributed by atoms with Crippen LogP contribution in [0, 0.1) is 0 Å². The van der Waals surface area contributed by atoms with Crippen molar-refractivity contribution in [3.05, 3.63) is 54.1 Å². The molecule has 2 aromatic rings. The molecule has 27 heavy (non-hydrogen) atoms. The maximum Gasteiger partial charge on any atom is 0.134 e. The summed E-state index contributed by atoms with van der Waals surface area (Å²) in [6.07, 6.45) is 1.39. The summed E-state index contributed by atoms with van der Waals surface area (Å²) in [6.45, 7) is 15.9. The average molecular weight is 381 g/mol. The van der Waals surface area contributed by atoms with Gasteiger partial charge in [-0.2, -0.15) is 0 Å². The summed E-state index contributed by atoms with van der Waals surface area (Å²) < 4.78 is 0. The lowest BCUT2D eigenvalue weighted by Gasteiger charge is -2.49. The molecule has 3 rings (SSSR count). The van der Waals surface area contributed by atoms with E-state index in [2.05, 4.69) is 97.0 Å². The number of carbonyl (C=O) groups is 1. The van der Waals surface area contributed by atoms with E-state index in [9.17, 15) is 4.79 Å². The fourth-order valence-corrected chi connectivity index (χ4v) is 9.01. The molecule has 0 N–H and O–H groups in total. The number of hydrogen-bond donors (Lipinski definition) is 0. The van der Waals surface area contributed by atoms with Gasteiger partial charge in [0.2, 0.25) is 0 Å². The Balaban J connectivity index is 2.10. The van der Waals surface area contributed by atoms with Gasteiger partial charge in [0.25, 0.3) is 0 Å². The first-order chi connectivity index (χ1) is 12.4. The molecule has 0 spiro atoms. The third kappa shape index (κ3) is 4.04. The molecule has 0 atom stereocenters. The van der Waals surface area contributed by atoms with Gasteiger partial charge in [-0.15, -0.1) is 0 Å². The molecule has 1 aliphatic heterocycles. The summed E-state index contributed by atoms with van der Waals surface area (Å²) >= 11 is 0. The highest BCUT2D eigenvalue weighted by Crippen LogP contribution is 2.65. The van der Waals surface area contributed by atoms with Crippen LogP contribution in [0.15, 0.2) is 48.5 Å². The van der Waals surface area contributed by atoms with Crippen molar-refractivity contribution in [1.82, 2.24) is 0 Å². The molecule has 144 valence electrons. The van der Waals surface area contributed by atoms with Gasteiger partial charge in [0.05, 0.1) is 0 Å². The van der Waals surface area contributed by atoms with Crippen molar-refractivity contribution in [2.24, 2.45) is 0 Å². The fourth-order valence-electron chi connectivity index (χ4n) is 4.72. The molecule has 0 radical (unpaired) electrons. The van der Waals surface area contributed by atoms with Crippen molar-refractivity contribution in [2.45, 2.75) is 77.0 Å². The van der Waals surface area contributed by atoms with Crippen molar-refractivity contribution in [2.75, 3.05) is 0 Å². The van der Waals surface area contributed by atoms with Gasteiger partial charge >= 0.3 is 0 Å². The van der Waals surface area contributed by atoms with Gasteiger partial charge in [0.1, 0.15) is 5.78 Å². The number of rotatable bonds is 2. The van der Waals surface area contributed by atoms with E-state index in [0.29, 0.717) is 18.6 Å². The summed E-state index contributed by atoms with van der Waals surface area (Å²) in [5.41, 5.74) is 4.14. The lowest BCUT2D eigenvalue weighted by atomic mass is 9.86. The lowest BCUT2D eigenvalue weighted by molar-refractivity contribution is -0.120. The van der Waals surface area contributed by atoms with Crippen LogP contribution >= 0.6 is 7.92 Å². The molecule has 0 amide bonds. The third-order valence-corrected chi connectivity index (χ3v) is 9.29. The molecule has 0 bridgehead atoms. The Hall–Kier alpha value is -1.46. The minimum Gasteiger partial charge on any atom is -0.300 e. The molecule has 0 unspecified atom stereocenters. The maximum atomic E-state index is 12.4. The minimum absolute atomic E-state index is 0.0234. The summed E-state index contributed by atoms with van der Waals surface area (Å²) in [4.78, 5) is 12.4. The maximum absolute atomic E-state index is 12.4. The number of carbonyl (C=O) groups excluding carboxylic acids is 1. The molecule has 2 heteroatoms. The monoisotopic (exact) mass is 380 g/mol. The molecule has 2 aromatic carbocycles. The lowest BCUT2D eigenvalue weighted by Crippen LogP contribution is -2.43. The van der Waals surface area contributed by atoms with Crippen LogP contribution in [0.25, 0.3) is 11.1 Å². The van der Waals surface area contributed by atoms with Gasteiger partial charge in [-0.1, -0.05) is 105 Å². The first-order valence-corrected chi connectivity index (χ1v) is 11.3. The fraction of sp³-hybridized carbons (Fsp3) is 0.480. The highest BCUT2D eigenvalue weighted by atomic mass is 31.1. The van der Waals surface area contributed by atoms with E-state index in [0.717, 1.165) is 0 Å². The summed E-state index contributed by atoms with van der Waals surface area (Å²) in [5, 5.41) is 1.49. The third-order valence-electron chi connectivity index (χ3n) is 5.68. The van der Waals surface area contributed by atoms with Crippen LogP contribution in [0.4, 0.5) is 0 Å². The van der Waals surface area contributed by atoms with Gasteiger partial charge in [0, 0.05) is 12.8 Å². The Labute approximate surface area is 166 Å². The molecular weight excluding hydrogens is 347 g/mol. The zero-order valence-corrected chi connectivity index (χ0v) is 18.8. The molecule has 1 aliphatic rings. The highest BCUT2D eigenvalue weighted by Gasteiger charge is 2.48. The summed E-state index contributed by atoms with van der Waals surface area (Å²) in [7, 11) is -0.475. The first-order valence-electron chi connectivity index (χ1n) is 9.94. The van der Waals surface area contributed by atoms with E-state index in [1.54, 1.807) is 0 Å². The second-order valence-electron chi connectivity index (χ2n) is 10.2. The average Bonchev–Trinajstić information content (AvgIpc) is 2.52. The van der Waals surface area contributed by atoms with E-state index in [-0.39, 0.29) is 15.7 Å². The second kappa shape index (κ2) is 6.85. The number of hydrogen-bond acceptors (Lipinski definition) is 1. The van der Waals surface area contributed by atoms with Crippen molar-refractivity contribution in [3.63, 3.8) is 0 Å². The van der Waals surface area contributed by atoms with E-state index in [4.69, 9.17) is 0 Å². The Morgan fingerprint density at radius 3 is 1.85 bits per heavy atom. The molecule has 1 fully saturated rings. The van der Waals surface area contributed by atoms with E-state index in [1.807, 2.05) is 0 Å². The molecule has 1 nitrogen and oxygen atoms in total. The predicted octanol–water partition coefficient (Wildman–Crippen LogP) is 6.68. The summed E-state index contributed by atoms with van der Waals surface area (Å²) in [6, 6.07) is 17.9. The molecule has 1 saturated heterocycles. The Morgan fingerprint density at radius 1 is 0.815 bits per heavy atom. The van der Waals surface area contributed by atoms with Crippen LogP contribution in [0.2, 0.25) is 0 Å². The summed E-state index contributed by atoms with van der Waals surface area (Å²) in [5.74, 6) is 0.413. The van der Waals surface area contributed by atoms with Crippen LogP contribution < -0.4 is 5.30 Å². The van der Waals surface area contributed by atoms with E-state index < -0.39 is 7.92 Å². The predicted molar refractivity (Wildman–Crippen MR) is 120 cm³/mol. The van der Waals surface area contributed by atoms with Crippen LogP contribution in [0.5, 0.6) is 0 Å². The smallest absolute Gasteiger partial charge is 0.134 e. The molecule has 0 aromatic heterocycles. The van der Waals surface area contributed by atoms with E-state index in [1.165, 1.54) is 22.0 Å². The van der Waals surface area contributed by atoms with Gasteiger partial charge in [-0.3, -0.25) is 4.79 Å².